The summed E-state index contributed by atoms with van der Waals surface area (Å²) in [6.07, 6.45) is 1.96. The smallest absolute Gasteiger partial charge is 0.229 e. The van der Waals surface area contributed by atoms with Crippen molar-refractivity contribution in [2.45, 2.75) is 34.1 Å². The minimum atomic E-state index is -3.28. The van der Waals surface area contributed by atoms with Crippen LogP contribution in [0.25, 0.3) is 0 Å². The lowest BCUT2D eigenvalue weighted by atomic mass is 9.90. The van der Waals surface area contributed by atoms with Gasteiger partial charge >= 0.3 is 0 Å². The third-order valence-electron chi connectivity index (χ3n) is 4.16. The Balaban J connectivity index is 0.00000242. The summed E-state index contributed by atoms with van der Waals surface area (Å²) in [6, 6.07) is 0. The lowest BCUT2D eigenvalue weighted by Gasteiger charge is -2.21. The molecule has 124 valence electrons. The van der Waals surface area contributed by atoms with Gasteiger partial charge in [0.2, 0.25) is 10.0 Å². The van der Waals surface area contributed by atoms with E-state index in [-0.39, 0.29) is 12.4 Å². The highest BCUT2D eigenvalue weighted by Crippen LogP contribution is 2.31. The molecule has 0 amide bonds. The average molecular weight is 346 g/mol. The Bertz CT molecular complexity index is 683. The van der Waals surface area contributed by atoms with Crippen LogP contribution in [0.1, 0.15) is 27.8 Å². The summed E-state index contributed by atoms with van der Waals surface area (Å²) in [5.41, 5.74) is 6.16. The quantitative estimate of drug-likeness (QED) is 0.879. The number of benzene rings is 1. The van der Waals surface area contributed by atoms with Crippen molar-refractivity contribution >= 4 is 34.0 Å². The van der Waals surface area contributed by atoms with Gasteiger partial charge < -0.3 is 5.32 Å². The van der Waals surface area contributed by atoms with E-state index in [4.69, 9.17) is 0 Å². The summed E-state index contributed by atoms with van der Waals surface area (Å²) in [4.78, 5) is 4.45. The van der Waals surface area contributed by atoms with Crippen LogP contribution in [0.5, 0.6) is 0 Å². The van der Waals surface area contributed by atoms with E-state index in [0.29, 0.717) is 5.69 Å². The van der Waals surface area contributed by atoms with Crippen molar-refractivity contribution in [3.05, 3.63) is 27.8 Å². The average Bonchev–Trinajstić information content (AvgIpc) is 2.89. The van der Waals surface area contributed by atoms with Gasteiger partial charge in [-0.1, -0.05) is 0 Å². The molecular weight excluding hydrogens is 322 g/mol. The predicted octanol–water partition coefficient (Wildman–Crippen LogP) is 2.26. The summed E-state index contributed by atoms with van der Waals surface area (Å²) in [5, 5.41) is 3.29. The molecule has 0 spiro atoms. The van der Waals surface area contributed by atoms with Crippen LogP contribution in [0.3, 0.4) is 0 Å². The van der Waals surface area contributed by atoms with Gasteiger partial charge in [0.15, 0.2) is 0 Å². The number of nitrogens with one attached hydrogen (secondary N) is 2. The van der Waals surface area contributed by atoms with Crippen molar-refractivity contribution in [2.24, 2.45) is 4.99 Å². The standard InChI is InChI=1S/C15H23N3O2S.ClH/c1-9-11(3)15(18-21(5,19)20)12(4)10(2)13(9)8-14-16-6-7-17-14;/h18H,6-8H2,1-5H3,(H,16,17);1H. The molecule has 0 aromatic heterocycles. The Morgan fingerprint density at radius 3 is 2.05 bits per heavy atom. The van der Waals surface area contributed by atoms with Gasteiger partial charge in [-0.25, -0.2) is 8.42 Å². The van der Waals surface area contributed by atoms with E-state index in [2.05, 4.69) is 15.0 Å². The Hall–Kier alpha value is -1.27. The number of amidine groups is 1. The van der Waals surface area contributed by atoms with Gasteiger partial charge in [0.1, 0.15) is 5.84 Å². The SMILES string of the molecule is Cc1c(C)c(NS(C)(=O)=O)c(C)c(C)c1CC1=NCCN1.Cl. The van der Waals surface area contributed by atoms with Crippen LogP contribution in [-0.4, -0.2) is 33.6 Å². The second kappa shape index (κ2) is 6.87. The summed E-state index contributed by atoms with van der Waals surface area (Å²) < 4.78 is 25.7. The van der Waals surface area contributed by atoms with Gasteiger partial charge in [0, 0.05) is 13.0 Å². The molecule has 0 aliphatic carbocycles. The van der Waals surface area contributed by atoms with Crippen LogP contribution in [0.4, 0.5) is 5.69 Å². The Kier molecular flexibility index (Phi) is 5.87. The van der Waals surface area contributed by atoms with Crippen molar-refractivity contribution in [1.29, 1.82) is 0 Å². The molecule has 1 aromatic carbocycles. The van der Waals surface area contributed by atoms with E-state index in [1.54, 1.807) is 0 Å². The van der Waals surface area contributed by atoms with Gasteiger partial charge in [-0.3, -0.25) is 9.71 Å². The number of nitrogens with zero attached hydrogens (tertiary/aromatic N) is 1. The first-order valence-electron chi connectivity index (χ1n) is 7.05. The van der Waals surface area contributed by atoms with Crippen LogP contribution < -0.4 is 10.0 Å². The highest BCUT2D eigenvalue weighted by molar-refractivity contribution is 7.92. The summed E-state index contributed by atoms with van der Waals surface area (Å²) in [6.45, 7) is 9.74. The number of aliphatic imine (C=N–C) groups is 1. The molecule has 0 saturated heterocycles. The first-order chi connectivity index (χ1) is 9.70. The summed E-state index contributed by atoms with van der Waals surface area (Å²) in [5.74, 6) is 1.02. The van der Waals surface area contributed by atoms with Crippen LogP contribution >= 0.6 is 12.4 Å². The fourth-order valence-corrected chi connectivity index (χ4v) is 3.40. The molecule has 7 heteroatoms. The molecule has 22 heavy (non-hydrogen) atoms. The van der Waals surface area contributed by atoms with Gasteiger partial charge in [0.05, 0.1) is 18.5 Å². The highest BCUT2D eigenvalue weighted by Gasteiger charge is 2.18. The molecule has 2 rings (SSSR count). The topological polar surface area (TPSA) is 70.6 Å². The summed E-state index contributed by atoms with van der Waals surface area (Å²) in [7, 11) is -3.28. The molecule has 1 aliphatic heterocycles. The number of hydrogen-bond donors (Lipinski definition) is 2. The third-order valence-corrected chi connectivity index (χ3v) is 4.73. The second-order valence-corrected chi connectivity index (χ2v) is 7.41. The number of halogens is 1. The fourth-order valence-electron chi connectivity index (χ4n) is 2.73. The molecule has 5 nitrogen and oxygen atoms in total. The molecule has 0 bridgehead atoms. The zero-order valence-electron chi connectivity index (χ0n) is 13.7. The maximum absolute atomic E-state index is 11.6. The Labute approximate surface area is 139 Å². The number of hydrogen-bond acceptors (Lipinski definition) is 4. The predicted molar refractivity (Wildman–Crippen MR) is 95.1 cm³/mol. The van der Waals surface area contributed by atoms with Crippen LogP contribution in [0.15, 0.2) is 4.99 Å². The summed E-state index contributed by atoms with van der Waals surface area (Å²) >= 11 is 0. The number of rotatable bonds is 4. The molecule has 0 unspecified atom stereocenters. The third kappa shape index (κ3) is 3.93. The van der Waals surface area contributed by atoms with E-state index in [1.165, 1.54) is 11.8 Å². The molecule has 1 heterocycles. The van der Waals surface area contributed by atoms with Gasteiger partial charge in [-0.2, -0.15) is 0 Å². The van der Waals surface area contributed by atoms with E-state index >= 15 is 0 Å². The molecule has 0 atom stereocenters. The highest BCUT2D eigenvalue weighted by atomic mass is 35.5. The van der Waals surface area contributed by atoms with Gasteiger partial charge in [0.25, 0.3) is 0 Å². The number of anilines is 1. The monoisotopic (exact) mass is 345 g/mol. The first kappa shape index (κ1) is 18.8. The molecule has 2 N–H and O–H groups in total. The lowest BCUT2D eigenvalue weighted by molar-refractivity contribution is 0.606. The minimum Gasteiger partial charge on any atom is -0.372 e. The van der Waals surface area contributed by atoms with Crippen molar-refractivity contribution < 1.29 is 8.42 Å². The molecular formula is C15H24ClN3O2S. The van der Waals surface area contributed by atoms with Crippen LogP contribution in [-0.2, 0) is 16.4 Å². The largest absolute Gasteiger partial charge is 0.372 e. The van der Waals surface area contributed by atoms with Crippen molar-refractivity contribution in [1.82, 2.24) is 5.32 Å². The Morgan fingerprint density at radius 1 is 1.09 bits per heavy atom. The number of sulfonamides is 1. The van der Waals surface area contributed by atoms with E-state index in [1.807, 2.05) is 27.7 Å². The van der Waals surface area contributed by atoms with Crippen molar-refractivity contribution in [3.63, 3.8) is 0 Å². The first-order valence-corrected chi connectivity index (χ1v) is 8.94. The zero-order chi connectivity index (χ0) is 15.8. The Morgan fingerprint density at radius 2 is 1.64 bits per heavy atom. The maximum atomic E-state index is 11.6. The molecule has 1 aromatic rings. The van der Waals surface area contributed by atoms with Gasteiger partial charge in [-0.05, 0) is 55.5 Å². The van der Waals surface area contributed by atoms with Gasteiger partial charge in [-0.15, -0.1) is 12.4 Å². The molecule has 0 fully saturated rings. The zero-order valence-corrected chi connectivity index (χ0v) is 15.3. The molecule has 0 radical (unpaired) electrons. The van der Waals surface area contributed by atoms with E-state index in [9.17, 15) is 8.42 Å². The minimum absolute atomic E-state index is 0. The normalized spacial score (nSPS) is 14.1. The lowest BCUT2D eigenvalue weighted by Crippen LogP contribution is -2.22. The second-order valence-electron chi connectivity index (χ2n) is 5.66. The molecule has 0 saturated carbocycles. The van der Waals surface area contributed by atoms with E-state index < -0.39 is 10.0 Å². The fraction of sp³-hybridized carbons (Fsp3) is 0.533. The van der Waals surface area contributed by atoms with Crippen LogP contribution in [0, 0.1) is 27.7 Å². The maximum Gasteiger partial charge on any atom is 0.229 e. The van der Waals surface area contributed by atoms with Crippen molar-refractivity contribution in [2.75, 3.05) is 24.1 Å². The molecule has 1 aliphatic rings. The van der Waals surface area contributed by atoms with Crippen LogP contribution in [0.2, 0.25) is 0 Å². The van der Waals surface area contributed by atoms with E-state index in [0.717, 1.165) is 47.6 Å². The van der Waals surface area contributed by atoms with Crippen molar-refractivity contribution in [3.8, 4) is 0 Å².